The second-order valence-corrected chi connectivity index (χ2v) is 6.59. The van der Waals surface area contributed by atoms with E-state index in [0.717, 1.165) is 0 Å². The van der Waals surface area contributed by atoms with Crippen LogP contribution in [0.1, 0.15) is 47.9 Å². The number of carbonyl (C=O) groups excluding carboxylic acids is 2. The molecule has 0 saturated carbocycles. The summed E-state index contributed by atoms with van der Waals surface area (Å²) in [5.41, 5.74) is 1.05. The fraction of sp³-hybridized carbons (Fsp3) is 0.300. The van der Waals surface area contributed by atoms with E-state index < -0.39 is 5.60 Å². The van der Waals surface area contributed by atoms with Gasteiger partial charge in [0, 0.05) is 11.3 Å². The number of anilines is 1. The van der Waals surface area contributed by atoms with Crippen molar-refractivity contribution in [3.63, 3.8) is 0 Å². The summed E-state index contributed by atoms with van der Waals surface area (Å²) in [4.78, 5) is 24.8. The molecule has 1 aliphatic rings. The molecule has 0 aliphatic carbocycles. The van der Waals surface area contributed by atoms with Crippen LogP contribution in [0.3, 0.4) is 0 Å². The highest BCUT2D eigenvalue weighted by atomic mass is 16.5. The van der Waals surface area contributed by atoms with Gasteiger partial charge in [-0.1, -0.05) is 6.07 Å². The number of hydrogen-bond acceptors (Lipinski definition) is 4. The number of hydrogen-bond donors (Lipinski definition) is 1. The van der Waals surface area contributed by atoms with Crippen LogP contribution in [0.15, 0.2) is 42.5 Å². The van der Waals surface area contributed by atoms with Gasteiger partial charge in [0.15, 0.2) is 5.78 Å². The molecule has 130 valence electrons. The first-order chi connectivity index (χ1) is 11.9. The number of rotatable bonds is 4. The van der Waals surface area contributed by atoms with Crippen LogP contribution in [0.25, 0.3) is 0 Å². The van der Waals surface area contributed by atoms with Crippen LogP contribution in [0.5, 0.6) is 11.5 Å². The Morgan fingerprint density at radius 3 is 2.80 bits per heavy atom. The maximum atomic E-state index is 12.4. The van der Waals surface area contributed by atoms with E-state index in [1.165, 1.54) is 0 Å². The zero-order valence-corrected chi connectivity index (χ0v) is 14.6. The summed E-state index contributed by atoms with van der Waals surface area (Å²) < 4.78 is 11.2. The average molecular weight is 339 g/mol. The van der Waals surface area contributed by atoms with Gasteiger partial charge in [-0.2, -0.15) is 0 Å². The van der Waals surface area contributed by atoms with Gasteiger partial charge in [-0.15, -0.1) is 0 Å². The van der Waals surface area contributed by atoms with Crippen molar-refractivity contribution in [3.05, 3.63) is 53.6 Å². The van der Waals surface area contributed by atoms with E-state index >= 15 is 0 Å². The van der Waals surface area contributed by atoms with Crippen molar-refractivity contribution in [1.29, 1.82) is 0 Å². The second kappa shape index (κ2) is 6.59. The first-order valence-electron chi connectivity index (χ1n) is 8.28. The molecule has 0 radical (unpaired) electrons. The van der Waals surface area contributed by atoms with E-state index in [9.17, 15) is 9.59 Å². The highest BCUT2D eigenvalue weighted by Gasteiger charge is 2.32. The van der Waals surface area contributed by atoms with Gasteiger partial charge in [0.2, 0.25) is 0 Å². The van der Waals surface area contributed by atoms with Gasteiger partial charge in [0.25, 0.3) is 5.91 Å². The minimum Gasteiger partial charge on any atom is -0.494 e. The predicted molar refractivity (Wildman–Crippen MR) is 95.7 cm³/mol. The Labute approximate surface area is 147 Å². The molecule has 0 saturated heterocycles. The third kappa shape index (κ3) is 3.82. The monoisotopic (exact) mass is 339 g/mol. The first kappa shape index (κ1) is 17.0. The minimum atomic E-state index is -0.505. The highest BCUT2D eigenvalue weighted by molar-refractivity contribution is 6.06. The molecule has 0 bridgehead atoms. The van der Waals surface area contributed by atoms with E-state index in [1.54, 1.807) is 42.5 Å². The molecular formula is C20H21NO4. The molecular weight excluding hydrogens is 318 g/mol. The molecule has 25 heavy (non-hydrogen) atoms. The number of fused-ring (bicyclic) bond motifs is 1. The Hall–Kier alpha value is -2.82. The average Bonchev–Trinajstić information content (AvgIpc) is 2.55. The van der Waals surface area contributed by atoms with Crippen LogP contribution in [0.4, 0.5) is 5.69 Å². The fourth-order valence-electron chi connectivity index (χ4n) is 2.83. The van der Waals surface area contributed by atoms with Gasteiger partial charge >= 0.3 is 0 Å². The van der Waals surface area contributed by atoms with Gasteiger partial charge in [-0.3, -0.25) is 9.59 Å². The predicted octanol–water partition coefficient (Wildman–Crippen LogP) is 4.08. The number of ketones is 1. The number of nitrogens with one attached hydrogen (secondary N) is 1. The number of carbonyl (C=O) groups is 2. The van der Waals surface area contributed by atoms with E-state index in [-0.39, 0.29) is 11.7 Å². The smallest absolute Gasteiger partial charge is 0.255 e. The van der Waals surface area contributed by atoms with Crippen molar-refractivity contribution >= 4 is 17.4 Å². The molecule has 3 rings (SSSR count). The molecule has 0 atom stereocenters. The van der Waals surface area contributed by atoms with Crippen molar-refractivity contribution in [3.8, 4) is 11.5 Å². The van der Waals surface area contributed by atoms with Crippen LogP contribution >= 0.6 is 0 Å². The molecule has 1 N–H and O–H groups in total. The molecule has 1 amide bonds. The summed E-state index contributed by atoms with van der Waals surface area (Å²) in [6.45, 7) is 6.19. The zero-order valence-electron chi connectivity index (χ0n) is 14.6. The topological polar surface area (TPSA) is 64.6 Å². The van der Waals surface area contributed by atoms with E-state index in [4.69, 9.17) is 9.47 Å². The lowest BCUT2D eigenvalue weighted by molar-refractivity contribution is 0.0620. The van der Waals surface area contributed by atoms with E-state index in [0.29, 0.717) is 41.3 Å². The molecule has 0 spiro atoms. The fourth-order valence-corrected chi connectivity index (χ4v) is 2.83. The molecule has 0 aromatic heterocycles. The maximum Gasteiger partial charge on any atom is 0.255 e. The van der Waals surface area contributed by atoms with Gasteiger partial charge in [0.05, 0.1) is 18.6 Å². The van der Waals surface area contributed by atoms with Gasteiger partial charge in [-0.05, 0) is 57.2 Å². The van der Waals surface area contributed by atoms with Crippen LogP contribution in [0.2, 0.25) is 0 Å². The second-order valence-electron chi connectivity index (χ2n) is 6.59. The van der Waals surface area contributed by atoms with Gasteiger partial charge < -0.3 is 14.8 Å². The molecule has 2 aromatic rings. The van der Waals surface area contributed by atoms with Crippen molar-refractivity contribution < 1.29 is 19.1 Å². The standard InChI is InChI=1S/C20H21NO4/c1-4-24-15-7-5-6-13(10-15)19(23)21-14-8-9-18-16(11-14)17(22)12-20(2,3)25-18/h5-11H,4,12H2,1-3H3,(H,21,23). The molecule has 0 fully saturated rings. The summed E-state index contributed by atoms with van der Waals surface area (Å²) in [5.74, 6) is 0.954. The SMILES string of the molecule is CCOc1cccc(C(=O)Nc2ccc3c(c2)C(=O)CC(C)(C)O3)c1. The van der Waals surface area contributed by atoms with Crippen LogP contribution < -0.4 is 14.8 Å². The Kier molecular flexibility index (Phi) is 4.49. The highest BCUT2D eigenvalue weighted by Crippen LogP contribution is 2.34. The maximum absolute atomic E-state index is 12.4. The van der Waals surface area contributed by atoms with Crippen LogP contribution in [0, 0.1) is 0 Å². The molecule has 1 aliphatic heterocycles. The van der Waals surface area contributed by atoms with E-state index in [2.05, 4.69) is 5.32 Å². The lowest BCUT2D eigenvalue weighted by atomic mass is 9.93. The number of ether oxygens (including phenoxy) is 2. The van der Waals surface area contributed by atoms with Crippen molar-refractivity contribution in [1.82, 2.24) is 0 Å². The summed E-state index contributed by atoms with van der Waals surface area (Å²) in [6, 6.07) is 12.1. The third-order valence-electron chi connectivity index (χ3n) is 3.92. The summed E-state index contributed by atoms with van der Waals surface area (Å²) in [5, 5.41) is 2.82. The quantitative estimate of drug-likeness (QED) is 0.911. The largest absolute Gasteiger partial charge is 0.494 e. The lowest BCUT2D eigenvalue weighted by Gasteiger charge is -2.31. The number of benzene rings is 2. The van der Waals surface area contributed by atoms with Crippen molar-refractivity contribution in [2.45, 2.75) is 32.8 Å². The minimum absolute atomic E-state index is 0.0145. The van der Waals surface area contributed by atoms with Crippen molar-refractivity contribution in [2.75, 3.05) is 11.9 Å². The summed E-state index contributed by atoms with van der Waals surface area (Å²) in [6.07, 6.45) is 0.313. The normalized spacial score (nSPS) is 15.1. The van der Waals surface area contributed by atoms with Crippen molar-refractivity contribution in [2.24, 2.45) is 0 Å². The summed E-state index contributed by atoms with van der Waals surface area (Å²) >= 11 is 0. The Morgan fingerprint density at radius 1 is 1.24 bits per heavy atom. The molecule has 1 heterocycles. The number of amides is 1. The molecule has 0 unspecified atom stereocenters. The zero-order chi connectivity index (χ0) is 18.0. The van der Waals surface area contributed by atoms with Crippen LogP contribution in [-0.4, -0.2) is 23.9 Å². The molecule has 5 nitrogen and oxygen atoms in total. The van der Waals surface area contributed by atoms with Gasteiger partial charge in [-0.25, -0.2) is 0 Å². The molecule has 2 aromatic carbocycles. The molecule has 5 heteroatoms. The van der Waals surface area contributed by atoms with Gasteiger partial charge in [0.1, 0.15) is 17.1 Å². The Morgan fingerprint density at radius 2 is 2.04 bits per heavy atom. The summed E-state index contributed by atoms with van der Waals surface area (Å²) in [7, 11) is 0. The van der Waals surface area contributed by atoms with Crippen LogP contribution in [-0.2, 0) is 0 Å². The van der Waals surface area contributed by atoms with E-state index in [1.807, 2.05) is 20.8 Å². The lowest BCUT2D eigenvalue weighted by Crippen LogP contribution is -2.35. The first-order valence-corrected chi connectivity index (χ1v) is 8.28. The number of Topliss-reactive ketones (excluding diaryl/α,β-unsaturated/α-hetero) is 1. The third-order valence-corrected chi connectivity index (χ3v) is 3.92. The Balaban J connectivity index is 1.80. The Bertz CT molecular complexity index is 826.